The Morgan fingerprint density at radius 1 is 0.944 bits per heavy atom. The van der Waals surface area contributed by atoms with Crippen LogP contribution < -0.4 is 24.5 Å². The molecule has 7 nitrogen and oxygen atoms in total. The smallest absolute Gasteiger partial charge is 0.295 e. The van der Waals surface area contributed by atoms with Gasteiger partial charge in [0.05, 0.1) is 37.3 Å². The fourth-order valence-corrected chi connectivity index (χ4v) is 4.89. The maximum Gasteiger partial charge on any atom is 0.295 e. The van der Waals surface area contributed by atoms with Gasteiger partial charge in [-0.2, -0.15) is 0 Å². The van der Waals surface area contributed by atoms with Gasteiger partial charge in [-0.25, -0.2) is 0 Å². The van der Waals surface area contributed by atoms with Crippen molar-refractivity contribution in [1.82, 2.24) is 0 Å². The van der Waals surface area contributed by atoms with E-state index in [0.717, 1.165) is 4.47 Å². The number of carbonyl (C=O) groups is 1. The predicted octanol–water partition coefficient (Wildman–Crippen LogP) is 6.11. The third kappa shape index (κ3) is 4.01. The molecule has 3 aromatic carbocycles. The fraction of sp³-hybridized carbons (Fsp3) is 0.214. The highest BCUT2D eigenvalue weighted by Crippen LogP contribution is 2.44. The minimum absolute atomic E-state index is 0.0227. The summed E-state index contributed by atoms with van der Waals surface area (Å²) >= 11 is 3.43. The summed E-state index contributed by atoms with van der Waals surface area (Å²) in [7, 11) is 1.56. The normalized spacial score (nSPS) is 14.7. The Morgan fingerprint density at radius 2 is 1.72 bits per heavy atom. The van der Waals surface area contributed by atoms with Crippen molar-refractivity contribution in [1.29, 1.82) is 0 Å². The molecule has 2 heterocycles. The molecule has 5 rings (SSSR count). The molecule has 1 aliphatic heterocycles. The molecular formula is C28H24BrNO6. The van der Waals surface area contributed by atoms with E-state index in [2.05, 4.69) is 15.9 Å². The molecule has 0 radical (unpaired) electrons. The van der Waals surface area contributed by atoms with Gasteiger partial charge in [0.1, 0.15) is 11.3 Å². The van der Waals surface area contributed by atoms with Crippen LogP contribution in [0, 0.1) is 0 Å². The van der Waals surface area contributed by atoms with E-state index in [0.29, 0.717) is 52.7 Å². The maximum atomic E-state index is 13.8. The number of hydrogen-bond donors (Lipinski definition) is 0. The SMILES string of the molecule is CCOc1ccc(C2c3c(oc4ccc(Br)cc4c3=O)C(=O)N2c2cccc(OC)c2)cc1OCC. The van der Waals surface area contributed by atoms with Crippen molar-refractivity contribution in [3.63, 3.8) is 0 Å². The molecule has 0 saturated heterocycles. The topological polar surface area (TPSA) is 78.2 Å². The van der Waals surface area contributed by atoms with Crippen LogP contribution >= 0.6 is 15.9 Å². The molecule has 1 atom stereocenters. The standard InChI is InChI=1S/C28H24BrNO6/c1-4-34-22-11-9-16(13-23(22)35-5-2)25-24-26(31)20-14-17(29)10-12-21(20)36-27(24)28(32)30(25)18-7-6-8-19(15-18)33-3/h6-15,25H,4-5H2,1-3H3. The zero-order valence-corrected chi connectivity index (χ0v) is 21.6. The van der Waals surface area contributed by atoms with E-state index in [-0.39, 0.29) is 16.8 Å². The summed E-state index contributed by atoms with van der Waals surface area (Å²) in [5, 5.41) is 0.393. The van der Waals surface area contributed by atoms with Crippen molar-refractivity contribution < 1.29 is 23.4 Å². The second-order valence-electron chi connectivity index (χ2n) is 8.17. The lowest BCUT2D eigenvalue weighted by molar-refractivity contribution is 0.0971. The number of benzene rings is 3. The van der Waals surface area contributed by atoms with Crippen LogP contribution in [-0.2, 0) is 0 Å². The van der Waals surface area contributed by atoms with Crippen LogP contribution in [0.15, 0.2) is 74.3 Å². The third-order valence-corrected chi connectivity index (χ3v) is 6.54. The number of nitrogens with zero attached hydrogens (tertiary/aromatic N) is 1. The monoisotopic (exact) mass is 549 g/mol. The van der Waals surface area contributed by atoms with Gasteiger partial charge in [0.15, 0.2) is 16.9 Å². The van der Waals surface area contributed by atoms with Gasteiger partial charge in [-0.05, 0) is 61.9 Å². The highest BCUT2D eigenvalue weighted by molar-refractivity contribution is 9.10. The van der Waals surface area contributed by atoms with E-state index in [9.17, 15) is 9.59 Å². The molecule has 1 aromatic heterocycles. The summed E-state index contributed by atoms with van der Waals surface area (Å²) < 4.78 is 23.8. The number of anilines is 1. The minimum Gasteiger partial charge on any atom is -0.497 e. The van der Waals surface area contributed by atoms with Crippen LogP contribution in [0.5, 0.6) is 17.2 Å². The number of amides is 1. The second kappa shape index (κ2) is 9.70. The van der Waals surface area contributed by atoms with Gasteiger partial charge in [0, 0.05) is 16.2 Å². The van der Waals surface area contributed by atoms with Crippen molar-refractivity contribution in [2.24, 2.45) is 0 Å². The summed E-state index contributed by atoms with van der Waals surface area (Å²) in [6.07, 6.45) is 0. The van der Waals surface area contributed by atoms with Crippen LogP contribution in [0.3, 0.4) is 0 Å². The summed E-state index contributed by atoms with van der Waals surface area (Å²) in [5.41, 5.74) is 1.64. The third-order valence-electron chi connectivity index (χ3n) is 6.05. The van der Waals surface area contributed by atoms with Gasteiger partial charge in [0.25, 0.3) is 5.91 Å². The fourth-order valence-electron chi connectivity index (χ4n) is 4.52. The predicted molar refractivity (Wildman–Crippen MR) is 141 cm³/mol. The van der Waals surface area contributed by atoms with E-state index in [1.165, 1.54) is 0 Å². The first-order valence-electron chi connectivity index (χ1n) is 11.6. The first-order chi connectivity index (χ1) is 17.5. The molecule has 1 unspecified atom stereocenters. The number of carbonyl (C=O) groups excluding carboxylic acids is 1. The maximum absolute atomic E-state index is 13.8. The number of rotatable bonds is 7. The largest absolute Gasteiger partial charge is 0.497 e. The molecule has 4 aromatic rings. The average molecular weight is 550 g/mol. The Hall–Kier alpha value is -3.78. The van der Waals surface area contributed by atoms with E-state index in [1.54, 1.807) is 60.5 Å². The van der Waals surface area contributed by atoms with Crippen LogP contribution in [0.4, 0.5) is 5.69 Å². The van der Waals surface area contributed by atoms with Crippen LogP contribution in [0.1, 0.15) is 41.6 Å². The Bertz CT molecular complexity index is 1530. The second-order valence-corrected chi connectivity index (χ2v) is 9.08. The van der Waals surface area contributed by atoms with Crippen LogP contribution in [0.2, 0.25) is 0 Å². The Morgan fingerprint density at radius 3 is 2.47 bits per heavy atom. The Kier molecular flexibility index (Phi) is 6.45. The number of hydrogen-bond acceptors (Lipinski definition) is 6. The van der Waals surface area contributed by atoms with E-state index in [4.69, 9.17) is 18.6 Å². The molecule has 0 spiro atoms. The first kappa shape index (κ1) is 23.9. The molecule has 184 valence electrons. The zero-order valence-electron chi connectivity index (χ0n) is 20.0. The molecule has 0 bridgehead atoms. The molecule has 0 aliphatic carbocycles. The van der Waals surface area contributed by atoms with Gasteiger partial charge in [-0.3, -0.25) is 14.5 Å². The Labute approximate surface area is 216 Å². The molecule has 1 amide bonds. The molecule has 8 heteroatoms. The average Bonchev–Trinajstić information content (AvgIpc) is 3.18. The van der Waals surface area contributed by atoms with E-state index in [1.807, 2.05) is 26.0 Å². The molecule has 1 aliphatic rings. The van der Waals surface area contributed by atoms with Crippen molar-refractivity contribution in [2.75, 3.05) is 25.2 Å². The number of halogens is 1. The molecule has 0 N–H and O–H groups in total. The van der Waals surface area contributed by atoms with Crippen LogP contribution in [0.25, 0.3) is 11.0 Å². The summed E-state index contributed by atoms with van der Waals surface area (Å²) in [6, 6.07) is 17.0. The van der Waals surface area contributed by atoms with Gasteiger partial charge in [-0.1, -0.05) is 28.1 Å². The summed E-state index contributed by atoms with van der Waals surface area (Å²) in [4.78, 5) is 29.2. The van der Waals surface area contributed by atoms with Crippen molar-refractivity contribution in [3.8, 4) is 17.2 Å². The lowest BCUT2D eigenvalue weighted by Crippen LogP contribution is -2.29. The lowest BCUT2D eigenvalue weighted by atomic mass is 9.97. The van der Waals surface area contributed by atoms with Crippen LogP contribution in [-0.4, -0.2) is 26.2 Å². The quantitative estimate of drug-likeness (QED) is 0.276. The first-order valence-corrected chi connectivity index (χ1v) is 12.4. The van der Waals surface area contributed by atoms with E-state index < -0.39 is 11.9 Å². The zero-order chi connectivity index (χ0) is 25.4. The molecule has 0 saturated carbocycles. The number of ether oxygens (including phenoxy) is 3. The highest BCUT2D eigenvalue weighted by Gasteiger charge is 2.44. The molecule has 36 heavy (non-hydrogen) atoms. The highest BCUT2D eigenvalue weighted by atomic mass is 79.9. The minimum atomic E-state index is -0.742. The number of fused-ring (bicyclic) bond motifs is 2. The summed E-state index contributed by atoms with van der Waals surface area (Å²) in [6.45, 7) is 4.70. The van der Waals surface area contributed by atoms with Crippen molar-refractivity contribution in [3.05, 3.63) is 92.2 Å². The van der Waals surface area contributed by atoms with Crippen molar-refractivity contribution >= 4 is 38.5 Å². The Balaban J connectivity index is 1.78. The van der Waals surface area contributed by atoms with Crippen molar-refractivity contribution in [2.45, 2.75) is 19.9 Å². The molecule has 0 fully saturated rings. The lowest BCUT2D eigenvalue weighted by Gasteiger charge is -2.26. The number of methoxy groups -OCH3 is 1. The molecular weight excluding hydrogens is 526 g/mol. The van der Waals surface area contributed by atoms with Gasteiger partial charge in [0.2, 0.25) is 5.76 Å². The van der Waals surface area contributed by atoms with Gasteiger partial charge in [-0.15, -0.1) is 0 Å². The van der Waals surface area contributed by atoms with E-state index >= 15 is 0 Å². The van der Waals surface area contributed by atoms with Gasteiger partial charge < -0.3 is 18.6 Å². The van der Waals surface area contributed by atoms with Gasteiger partial charge >= 0.3 is 0 Å². The summed E-state index contributed by atoms with van der Waals surface area (Å²) in [5.74, 6) is 1.34.